The van der Waals surface area contributed by atoms with E-state index in [2.05, 4.69) is 22.6 Å². The predicted molar refractivity (Wildman–Crippen MR) is 166 cm³/mol. The number of thiazole rings is 1. The number of benzene rings is 3. The maximum Gasteiger partial charge on any atom is 0.338 e. The Balaban J connectivity index is 1.85. The Morgan fingerprint density at radius 1 is 1.07 bits per heavy atom. The minimum Gasteiger partial charge on any atom is -0.496 e. The third kappa shape index (κ3) is 5.08. The second-order valence-corrected chi connectivity index (χ2v) is 11.4. The summed E-state index contributed by atoms with van der Waals surface area (Å²) < 4.78 is 19.9. The van der Waals surface area contributed by atoms with Crippen LogP contribution in [0.1, 0.15) is 43.9 Å². The summed E-state index contributed by atoms with van der Waals surface area (Å²) in [4.78, 5) is 33.2. The number of carbonyl (C=O) groups excluding carboxylic acids is 1. The van der Waals surface area contributed by atoms with E-state index in [9.17, 15) is 9.59 Å². The van der Waals surface area contributed by atoms with Crippen LogP contribution >= 0.6 is 33.9 Å². The third-order valence-electron chi connectivity index (χ3n) is 6.79. The molecule has 0 spiro atoms. The van der Waals surface area contributed by atoms with Gasteiger partial charge in [-0.15, -0.1) is 0 Å². The fourth-order valence-corrected chi connectivity index (χ4v) is 6.83. The van der Waals surface area contributed by atoms with Crippen molar-refractivity contribution in [1.29, 1.82) is 0 Å². The molecule has 0 fully saturated rings. The number of carbonyl (C=O) groups is 1. The number of halogens is 1. The lowest BCUT2D eigenvalue weighted by atomic mass is 9.90. The number of methoxy groups -OCH3 is 2. The predicted octanol–water partition coefficient (Wildman–Crippen LogP) is 5.35. The molecule has 1 aliphatic heterocycles. The standard InChI is InChI=1S/C31H29IN2O5S/c1-5-9-22-27(30(36)39-6-2)28(26-20-11-8-7-10-19(20)13-15-24(26)38-4)34-29(35)25(40-31(34)33-22)17-18-12-14-23(37-3)21(32)16-18/h7-8,10-17,28H,5-6,9H2,1-4H3/b25-17+/t28-/m0/s1. The van der Waals surface area contributed by atoms with Gasteiger partial charge in [-0.2, -0.15) is 0 Å². The Labute approximate surface area is 249 Å². The zero-order chi connectivity index (χ0) is 28.4. The second kappa shape index (κ2) is 12.0. The first-order valence-electron chi connectivity index (χ1n) is 13.0. The third-order valence-corrected chi connectivity index (χ3v) is 8.62. The zero-order valence-electron chi connectivity index (χ0n) is 22.7. The molecule has 206 valence electrons. The lowest BCUT2D eigenvalue weighted by Crippen LogP contribution is -2.40. The molecule has 7 nitrogen and oxygen atoms in total. The van der Waals surface area contributed by atoms with Gasteiger partial charge in [-0.05, 0) is 76.5 Å². The molecule has 3 aromatic carbocycles. The number of hydrogen-bond acceptors (Lipinski definition) is 7. The Morgan fingerprint density at radius 2 is 1.82 bits per heavy atom. The highest BCUT2D eigenvalue weighted by atomic mass is 127. The topological polar surface area (TPSA) is 79.1 Å². The van der Waals surface area contributed by atoms with Gasteiger partial charge < -0.3 is 14.2 Å². The van der Waals surface area contributed by atoms with Crippen LogP contribution in [0.15, 0.2) is 75.7 Å². The first-order valence-corrected chi connectivity index (χ1v) is 14.9. The van der Waals surface area contributed by atoms with Crippen molar-refractivity contribution >= 4 is 56.7 Å². The summed E-state index contributed by atoms with van der Waals surface area (Å²) in [6, 6.07) is 16.8. The number of aromatic nitrogens is 1. The van der Waals surface area contributed by atoms with Gasteiger partial charge in [-0.1, -0.05) is 61.1 Å². The van der Waals surface area contributed by atoms with Crippen LogP contribution in [-0.2, 0) is 9.53 Å². The van der Waals surface area contributed by atoms with Gasteiger partial charge in [0.2, 0.25) is 0 Å². The smallest absolute Gasteiger partial charge is 0.338 e. The summed E-state index contributed by atoms with van der Waals surface area (Å²) in [6.07, 6.45) is 3.20. The lowest BCUT2D eigenvalue weighted by Gasteiger charge is -2.28. The van der Waals surface area contributed by atoms with E-state index in [0.717, 1.165) is 37.6 Å². The first-order chi connectivity index (χ1) is 19.4. The average Bonchev–Trinajstić information content (AvgIpc) is 3.26. The van der Waals surface area contributed by atoms with Crippen molar-refractivity contribution in [1.82, 2.24) is 4.57 Å². The summed E-state index contributed by atoms with van der Waals surface area (Å²) in [5, 5.41) is 1.87. The Morgan fingerprint density at radius 3 is 2.52 bits per heavy atom. The minimum atomic E-state index is -0.768. The van der Waals surface area contributed by atoms with Crippen molar-refractivity contribution in [3.63, 3.8) is 0 Å². The molecule has 1 aromatic heterocycles. The molecule has 9 heteroatoms. The van der Waals surface area contributed by atoms with Gasteiger partial charge in [0.1, 0.15) is 17.5 Å². The summed E-state index contributed by atoms with van der Waals surface area (Å²) in [5.41, 5.74) is 2.38. The molecule has 0 bridgehead atoms. The Kier molecular flexibility index (Phi) is 8.41. The van der Waals surface area contributed by atoms with Crippen molar-refractivity contribution in [3.05, 3.63) is 100 Å². The fourth-order valence-electron chi connectivity index (χ4n) is 5.05. The van der Waals surface area contributed by atoms with Gasteiger partial charge in [0.15, 0.2) is 4.80 Å². The fraction of sp³-hybridized carbons (Fsp3) is 0.258. The highest BCUT2D eigenvalue weighted by Crippen LogP contribution is 2.41. The van der Waals surface area contributed by atoms with Crippen molar-refractivity contribution in [2.75, 3.05) is 20.8 Å². The van der Waals surface area contributed by atoms with Crippen molar-refractivity contribution < 1.29 is 19.0 Å². The van der Waals surface area contributed by atoms with Crippen LogP contribution in [0.4, 0.5) is 0 Å². The van der Waals surface area contributed by atoms with Gasteiger partial charge in [-0.25, -0.2) is 9.79 Å². The molecule has 0 saturated heterocycles. The van der Waals surface area contributed by atoms with E-state index < -0.39 is 12.0 Å². The van der Waals surface area contributed by atoms with E-state index in [4.69, 9.17) is 19.2 Å². The van der Waals surface area contributed by atoms with Gasteiger partial charge in [-0.3, -0.25) is 9.36 Å². The Bertz CT molecular complexity index is 1820. The van der Waals surface area contributed by atoms with Gasteiger partial charge in [0, 0.05) is 5.56 Å². The summed E-state index contributed by atoms with van der Waals surface area (Å²) in [6.45, 7) is 4.03. The molecule has 0 saturated carbocycles. The quantitative estimate of drug-likeness (QED) is 0.187. The maximum atomic E-state index is 14.2. The number of allylic oxidation sites excluding steroid dienone is 1. The number of ether oxygens (including phenoxy) is 3. The second-order valence-electron chi connectivity index (χ2n) is 9.21. The van der Waals surface area contributed by atoms with Crippen LogP contribution in [-0.4, -0.2) is 31.4 Å². The number of rotatable bonds is 8. The van der Waals surface area contributed by atoms with Crippen LogP contribution in [0.2, 0.25) is 0 Å². The molecule has 0 radical (unpaired) electrons. The largest absolute Gasteiger partial charge is 0.496 e. The number of fused-ring (bicyclic) bond motifs is 2. The van der Waals surface area contributed by atoms with Crippen molar-refractivity contribution in [2.24, 2.45) is 4.99 Å². The highest BCUT2D eigenvalue weighted by molar-refractivity contribution is 14.1. The summed E-state index contributed by atoms with van der Waals surface area (Å²) >= 11 is 3.53. The molecule has 5 rings (SSSR count). The lowest BCUT2D eigenvalue weighted by molar-refractivity contribution is -0.139. The van der Waals surface area contributed by atoms with E-state index in [1.165, 1.54) is 11.3 Å². The monoisotopic (exact) mass is 668 g/mol. The minimum absolute atomic E-state index is 0.210. The maximum absolute atomic E-state index is 14.2. The number of hydrogen-bond donors (Lipinski definition) is 0. The van der Waals surface area contributed by atoms with Crippen molar-refractivity contribution in [2.45, 2.75) is 32.7 Å². The molecule has 4 aromatic rings. The molecule has 2 heterocycles. The SMILES string of the molecule is CCCC1=C(C(=O)OCC)[C@H](c2c(OC)ccc3ccccc23)n2c(s/c(=C/c3ccc(OC)c(I)c3)c2=O)=N1. The Hall–Kier alpha value is -3.44. The molecule has 0 N–H and O–H groups in total. The van der Waals surface area contributed by atoms with Crippen LogP contribution in [0.5, 0.6) is 11.5 Å². The number of nitrogens with zero attached hydrogens (tertiary/aromatic N) is 2. The molecule has 0 aliphatic carbocycles. The average molecular weight is 669 g/mol. The molecule has 1 aliphatic rings. The molecular formula is C31H29IN2O5S. The summed E-state index contributed by atoms with van der Waals surface area (Å²) in [7, 11) is 3.23. The molecular weight excluding hydrogens is 639 g/mol. The van der Waals surface area contributed by atoms with Crippen LogP contribution in [0.3, 0.4) is 0 Å². The van der Waals surface area contributed by atoms with E-state index in [1.54, 1.807) is 25.7 Å². The van der Waals surface area contributed by atoms with Gasteiger partial charge in [0.25, 0.3) is 5.56 Å². The summed E-state index contributed by atoms with van der Waals surface area (Å²) in [5.74, 6) is 0.877. The molecule has 0 amide bonds. The first kappa shape index (κ1) is 28.1. The van der Waals surface area contributed by atoms with Crippen LogP contribution in [0.25, 0.3) is 16.8 Å². The van der Waals surface area contributed by atoms with E-state index in [-0.39, 0.29) is 12.2 Å². The number of esters is 1. The van der Waals surface area contributed by atoms with Crippen LogP contribution in [0, 0.1) is 3.57 Å². The van der Waals surface area contributed by atoms with E-state index >= 15 is 0 Å². The molecule has 1 atom stereocenters. The molecule has 0 unspecified atom stereocenters. The zero-order valence-corrected chi connectivity index (χ0v) is 25.7. The normalized spacial score (nSPS) is 15.1. The highest BCUT2D eigenvalue weighted by Gasteiger charge is 2.37. The van der Waals surface area contributed by atoms with Gasteiger partial charge >= 0.3 is 5.97 Å². The van der Waals surface area contributed by atoms with E-state index in [1.807, 2.05) is 67.6 Å². The van der Waals surface area contributed by atoms with E-state index in [0.29, 0.717) is 32.8 Å². The van der Waals surface area contributed by atoms with Crippen molar-refractivity contribution in [3.8, 4) is 11.5 Å². The van der Waals surface area contributed by atoms with Crippen LogP contribution < -0.4 is 24.4 Å². The molecule has 40 heavy (non-hydrogen) atoms. The van der Waals surface area contributed by atoms with Gasteiger partial charge in [0.05, 0.1) is 40.2 Å².